The van der Waals surface area contributed by atoms with Gasteiger partial charge in [0.15, 0.2) is 5.78 Å². The number of hydrogen-bond donors (Lipinski definition) is 0. The van der Waals surface area contributed by atoms with Gasteiger partial charge in [-0.25, -0.2) is 0 Å². The molecule has 0 unspecified atom stereocenters. The highest BCUT2D eigenvalue weighted by Crippen LogP contribution is 2.51. The van der Waals surface area contributed by atoms with Crippen LogP contribution in [0.5, 0.6) is 0 Å². The molecule has 0 radical (unpaired) electrons. The highest BCUT2D eigenvalue weighted by molar-refractivity contribution is 7.99. The summed E-state index contributed by atoms with van der Waals surface area (Å²) < 4.78 is 0. The average Bonchev–Trinajstić information content (AvgIpc) is 2.65. The van der Waals surface area contributed by atoms with E-state index < -0.39 is 0 Å². The van der Waals surface area contributed by atoms with Crippen LogP contribution in [-0.2, 0) is 0 Å². The Morgan fingerprint density at radius 2 is 1.58 bits per heavy atom. The maximum absolute atomic E-state index is 11.9. The van der Waals surface area contributed by atoms with E-state index in [1.54, 1.807) is 18.7 Å². The molecular formula is C22H20N2OS. The Balaban J connectivity index is 1.89. The SMILES string of the molecule is CC(=O)c1ccc2c(c1)N(c1ccc(N(C)C)cc1)c1ccccc1S2. The summed E-state index contributed by atoms with van der Waals surface area (Å²) >= 11 is 1.75. The molecule has 0 N–H and O–H groups in total. The molecule has 3 aromatic rings. The lowest BCUT2D eigenvalue weighted by Crippen LogP contribution is -2.16. The Hall–Kier alpha value is -2.72. The molecule has 1 aliphatic heterocycles. The van der Waals surface area contributed by atoms with E-state index in [9.17, 15) is 4.79 Å². The van der Waals surface area contributed by atoms with Gasteiger partial charge in [0.2, 0.25) is 0 Å². The summed E-state index contributed by atoms with van der Waals surface area (Å²) in [5.41, 5.74) is 5.18. The van der Waals surface area contributed by atoms with Gasteiger partial charge in [0.25, 0.3) is 0 Å². The van der Waals surface area contributed by atoms with Crippen molar-refractivity contribution in [2.75, 3.05) is 23.9 Å². The van der Waals surface area contributed by atoms with Gasteiger partial charge in [0, 0.05) is 40.8 Å². The number of Topliss-reactive ketones (excluding diaryl/α,β-unsaturated/α-hetero) is 1. The number of anilines is 4. The quantitative estimate of drug-likeness (QED) is 0.425. The van der Waals surface area contributed by atoms with E-state index in [0.29, 0.717) is 0 Å². The van der Waals surface area contributed by atoms with Crippen LogP contribution in [0.3, 0.4) is 0 Å². The molecule has 0 fully saturated rings. The van der Waals surface area contributed by atoms with Crippen molar-refractivity contribution in [3.8, 4) is 0 Å². The van der Waals surface area contributed by atoms with Crippen molar-refractivity contribution < 1.29 is 4.79 Å². The highest BCUT2D eigenvalue weighted by atomic mass is 32.2. The van der Waals surface area contributed by atoms with Crippen LogP contribution in [0, 0.1) is 0 Å². The first kappa shape index (κ1) is 16.7. The van der Waals surface area contributed by atoms with Crippen molar-refractivity contribution in [2.24, 2.45) is 0 Å². The minimum Gasteiger partial charge on any atom is -0.378 e. The van der Waals surface area contributed by atoms with Crippen molar-refractivity contribution in [3.63, 3.8) is 0 Å². The molecule has 130 valence electrons. The number of hydrogen-bond acceptors (Lipinski definition) is 4. The molecule has 0 saturated carbocycles. The topological polar surface area (TPSA) is 23.6 Å². The summed E-state index contributed by atoms with van der Waals surface area (Å²) in [5.74, 6) is 0.0829. The Morgan fingerprint density at radius 3 is 2.27 bits per heavy atom. The van der Waals surface area contributed by atoms with Gasteiger partial charge >= 0.3 is 0 Å². The zero-order chi connectivity index (χ0) is 18.3. The van der Waals surface area contributed by atoms with Crippen molar-refractivity contribution >= 4 is 40.3 Å². The monoisotopic (exact) mass is 360 g/mol. The second kappa shape index (κ2) is 6.54. The standard InChI is InChI=1S/C22H20N2OS/c1-15(25)16-8-13-22-20(14-16)24(19-6-4-5-7-21(19)26-22)18-11-9-17(10-12-18)23(2)3/h4-14H,1-3H3. The van der Waals surface area contributed by atoms with Crippen LogP contribution in [0.25, 0.3) is 0 Å². The fraction of sp³-hybridized carbons (Fsp3) is 0.136. The summed E-state index contributed by atoms with van der Waals surface area (Å²) in [6, 6.07) is 22.9. The van der Waals surface area contributed by atoms with Crippen LogP contribution in [0.1, 0.15) is 17.3 Å². The van der Waals surface area contributed by atoms with Crippen LogP contribution in [0.4, 0.5) is 22.7 Å². The number of fused-ring (bicyclic) bond motifs is 2. The molecule has 0 atom stereocenters. The van der Waals surface area contributed by atoms with Crippen LogP contribution in [-0.4, -0.2) is 19.9 Å². The molecule has 1 aliphatic rings. The van der Waals surface area contributed by atoms with Crippen LogP contribution in [0.15, 0.2) is 76.5 Å². The first-order chi connectivity index (χ1) is 12.5. The predicted molar refractivity (Wildman–Crippen MR) is 110 cm³/mol. The van der Waals surface area contributed by atoms with E-state index in [0.717, 1.165) is 33.2 Å². The molecule has 0 spiro atoms. The third-order valence-corrected chi connectivity index (χ3v) is 5.69. The fourth-order valence-electron chi connectivity index (χ4n) is 3.15. The van der Waals surface area contributed by atoms with Gasteiger partial charge in [-0.05, 0) is 55.5 Å². The van der Waals surface area contributed by atoms with E-state index in [1.807, 2.05) is 32.3 Å². The van der Waals surface area contributed by atoms with Gasteiger partial charge in [-0.1, -0.05) is 30.0 Å². The molecule has 26 heavy (non-hydrogen) atoms. The van der Waals surface area contributed by atoms with Crippen LogP contribution < -0.4 is 9.80 Å². The third-order valence-electron chi connectivity index (χ3n) is 4.56. The van der Waals surface area contributed by atoms with Crippen LogP contribution in [0.2, 0.25) is 0 Å². The molecule has 0 bridgehead atoms. The molecule has 0 aromatic heterocycles. The van der Waals surface area contributed by atoms with Crippen molar-refractivity contribution in [1.82, 2.24) is 0 Å². The highest BCUT2D eigenvalue weighted by Gasteiger charge is 2.25. The van der Waals surface area contributed by atoms with Gasteiger partial charge in [-0.3, -0.25) is 4.79 Å². The number of ketones is 1. The molecular weight excluding hydrogens is 340 g/mol. The second-order valence-corrected chi connectivity index (χ2v) is 7.64. The normalized spacial score (nSPS) is 12.3. The second-order valence-electron chi connectivity index (χ2n) is 6.55. The number of carbonyl (C=O) groups excluding carboxylic acids is 1. The first-order valence-electron chi connectivity index (χ1n) is 8.54. The maximum atomic E-state index is 11.9. The molecule has 3 nitrogen and oxygen atoms in total. The average molecular weight is 360 g/mol. The molecule has 1 heterocycles. The molecule has 0 amide bonds. The van der Waals surface area contributed by atoms with Gasteiger partial charge in [0.1, 0.15) is 0 Å². The summed E-state index contributed by atoms with van der Waals surface area (Å²) in [4.78, 5) is 18.6. The number of para-hydroxylation sites is 1. The van der Waals surface area contributed by atoms with Gasteiger partial charge in [0.05, 0.1) is 11.4 Å². The van der Waals surface area contributed by atoms with E-state index in [-0.39, 0.29) is 5.78 Å². The molecule has 4 rings (SSSR count). The number of nitrogens with zero attached hydrogens (tertiary/aromatic N) is 2. The van der Waals surface area contributed by atoms with Gasteiger partial charge < -0.3 is 9.80 Å². The summed E-state index contributed by atoms with van der Waals surface area (Å²) in [6.07, 6.45) is 0. The van der Waals surface area contributed by atoms with Crippen molar-refractivity contribution in [3.05, 3.63) is 72.3 Å². The number of rotatable bonds is 3. The zero-order valence-electron chi connectivity index (χ0n) is 15.1. The molecule has 0 saturated heterocycles. The van der Waals surface area contributed by atoms with Crippen molar-refractivity contribution in [1.29, 1.82) is 0 Å². The van der Waals surface area contributed by atoms with E-state index in [2.05, 4.69) is 58.3 Å². The first-order valence-corrected chi connectivity index (χ1v) is 9.35. The number of carbonyl (C=O) groups is 1. The van der Waals surface area contributed by atoms with E-state index >= 15 is 0 Å². The lowest BCUT2D eigenvalue weighted by Gasteiger charge is -2.33. The predicted octanol–water partition coefficient (Wildman–Crippen LogP) is 5.89. The lowest BCUT2D eigenvalue weighted by molar-refractivity contribution is 0.101. The van der Waals surface area contributed by atoms with E-state index in [1.165, 1.54) is 4.90 Å². The minimum atomic E-state index is 0.0829. The van der Waals surface area contributed by atoms with Crippen LogP contribution >= 0.6 is 11.8 Å². The largest absolute Gasteiger partial charge is 0.378 e. The summed E-state index contributed by atoms with van der Waals surface area (Å²) in [5, 5.41) is 0. The molecule has 0 aliphatic carbocycles. The van der Waals surface area contributed by atoms with Gasteiger partial charge in [-0.15, -0.1) is 0 Å². The van der Waals surface area contributed by atoms with Crippen molar-refractivity contribution in [2.45, 2.75) is 16.7 Å². The Bertz CT molecular complexity index is 980. The fourth-order valence-corrected chi connectivity index (χ4v) is 4.19. The Morgan fingerprint density at radius 1 is 0.885 bits per heavy atom. The smallest absolute Gasteiger partial charge is 0.159 e. The maximum Gasteiger partial charge on any atom is 0.159 e. The minimum absolute atomic E-state index is 0.0829. The molecule has 3 aromatic carbocycles. The summed E-state index contributed by atoms with van der Waals surface area (Å²) in [6.45, 7) is 1.61. The Labute approximate surface area is 158 Å². The summed E-state index contributed by atoms with van der Waals surface area (Å²) in [7, 11) is 4.08. The third kappa shape index (κ3) is 2.86. The Kier molecular flexibility index (Phi) is 4.21. The molecule has 4 heteroatoms. The van der Waals surface area contributed by atoms with Gasteiger partial charge in [-0.2, -0.15) is 0 Å². The lowest BCUT2D eigenvalue weighted by atomic mass is 10.1. The van der Waals surface area contributed by atoms with E-state index in [4.69, 9.17) is 0 Å². The number of benzene rings is 3. The zero-order valence-corrected chi connectivity index (χ0v) is 15.9.